The molecular weight excluding hydrogens is 222 g/mol. The summed E-state index contributed by atoms with van der Waals surface area (Å²) in [5, 5.41) is 21.1. The lowest BCUT2D eigenvalue weighted by molar-refractivity contribution is 0.105. The van der Waals surface area contributed by atoms with E-state index in [9.17, 15) is 5.11 Å². The molecule has 0 fully saturated rings. The van der Waals surface area contributed by atoms with Gasteiger partial charge in [0.2, 0.25) is 0 Å². The first kappa shape index (κ1) is 13.1. The van der Waals surface area contributed by atoms with Gasteiger partial charge in [-0.1, -0.05) is 18.2 Å². The number of nitrogens with one attached hydrogen (secondary N) is 1. The maximum atomic E-state index is 9.25. The molecule has 0 aliphatic carbocycles. The third-order valence-electron chi connectivity index (χ3n) is 1.98. The Labute approximate surface area is 100 Å². The summed E-state index contributed by atoms with van der Waals surface area (Å²) in [5.74, 6) is 0.848. The third-order valence-corrected chi connectivity index (χ3v) is 3.05. The third kappa shape index (κ3) is 4.26. The maximum Gasteiger partial charge on any atom is 0.0942 e. The molecule has 0 aromatic heterocycles. The molecule has 0 bridgehead atoms. The standard InChI is InChI=1S/C12H17NO2S/c1-2-7-16-12-6-4-3-5-11(12)13-8-10(15)9-14/h2-6,10,13-15H,1,7-9H2. The van der Waals surface area contributed by atoms with Crippen molar-refractivity contribution in [3.8, 4) is 0 Å². The first-order chi connectivity index (χ1) is 7.77. The molecule has 4 heteroatoms. The second-order valence-electron chi connectivity index (χ2n) is 3.31. The van der Waals surface area contributed by atoms with Gasteiger partial charge in [0.1, 0.15) is 0 Å². The molecule has 0 heterocycles. The van der Waals surface area contributed by atoms with Crippen LogP contribution >= 0.6 is 11.8 Å². The summed E-state index contributed by atoms with van der Waals surface area (Å²) in [5.41, 5.74) is 0.974. The number of hydrogen-bond acceptors (Lipinski definition) is 4. The van der Waals surface area contributed by atoms with E-state index in [1.54, 1.807) is 11.8 Å². The normalized spacial score (nSPS) is 12.1. The molecule has 1 atom stereocenters. The summed E-state index contributed by atoms with van der Waals surface area (Å²) in [6, 6.07) is 7.88. The second-order valence-corrected chi connectivity index (χ2v) is 4.37. The highest BCUT2D eigenvalue weighted by molar-refractivity contribution is 7.99. The number of anilines is 1. The van der Waals surface area contributed by atoms with Crippen molar-refractivity contribution in [1.82, 2.24) is 0 Å². The van der Waals surface area contributed by atoms with Gasteiger partial charge in [0.25, 0.3) is 0 Å². The molecule has 0 amide bonds. The molecule has 0 saturated carbocycles. The molecule has 0 spiro atoms. The number of aliphatic hydroxyl groups is 2. The molecule has 3 nitrogen and oxygen atoms in total. The molecule has 88 valence electrons. The molecule has 0 saturated heterocycles. The number of benzene rings is 1. The van der Waals surface area contributed by atoms with E-state index in [0.29, 0.717) is 6.54 Å². The summed E-state index contributed by atoms with van der Waals surface area (Å²) >= 11 is 1.68. The molecule has 16 heavy (non-hydrogen) atoms. The van der Waals surface area contributed by atoms with E-state index >= 15 is 0 Å². The van der Waals surface area contributed by atoms with Crippen LogP contribution in [0.25, 0.3) is 0 Å². The molecule has 0 aliphatic rings. The minimum atomic E-state index is -0.725. The van der Waals surface area contributed by atoms with Crippen molar-refractivity contribution in [1.29, 1.82) is 0 Å². The van der Waals surface area contributed by atoms with Gasteiger partial charge in [-0.05, 0) is 12.1 Å². The second kappa shape index (κ2) is 7.33. The van der Waals surface area contributed by atoms with E-state index in [0.717, 1.165) is 16.3 Å². The molecule has 1 unspecified atom stereocenters. The van der Waals surface area contributed by atoms with Crippen LogP contribution in [-0.4, -0.2) is 35.2 Å². The van der Waals surface area contributed by atoms with E-state index in [-0.39, 0.29) is 6.61 Å². The average molecular weight is 239 g/mol. The van der Waals surface area contributed by atoms with Crippen LogP contribution in [0.15, 0.2) is 41.8 Å². The van der Waals surface area contributed by atoms with Gasteiger partial charge in [-0.15, -0.1) is 18.3 Å². The smallest absolute Gasteiger partial charge is 0.0942 e. The predicted molar refractivity (Wildman–Crippen MR) is 68.9 cm³/mol. The Morgan fingerprint density at radius 2 is 2.19 bits per heavy atom. The Bertz CT molecular complexity index is 331. The van der Waals surface area contributed by atoms with Crippen LogP contribution in [0.2, 0.25) is 0 Å². The highest BCUT2D eigenvalue weighted by Crippen LogP contribution is 2.26. The maximum absolute atomic E-state index is 9.25. The summed E-state index contributed by atoms with van der Waals surface area (Å²) in [7, 11) is 0. The van der Waals surface area contributed by atoms with E-state index < -0.39 is 6.10 Å². The Morgan fingerprint density at radius 1 is 1.44 bits per heavy atom. The van der Waals surface area contributed by atoms with Crippen molar-refractivity contribution in [3.63, 3.8) is 0 Å². The van der Waals surface area contributed by atoms with Gasteiger partial charge in [0, 0.05) is 22.9 Å². The monoisotopic (exact) mass is 239 g/mol. The fraction of sp³-hybridized carbons (Fsp3) is 0.333. The van der Waals surface area contributed by atoms with Gasteiger partial charge < -0.3 is 15.5 Å². The van der Waals surface area contributed by atoms with Crippen molar-refractivity contribution in [3.05, 3.63) is 36.9 Å². The summed E-state index contributed by atoms with van der Waals surface area (Å²) in [6.45, 7) is 3.80. The molecule has 0 radical (unpaired) electrons. The average Bonchev–Trinajstić information content (AvgIpc) is 2.34. The molecule has 0 aliphatic heterocycles. The lowest BCUT2D eigenvalue weighted by Gasteiger charge is -2.13. The summed E-state index contributed by atoms with van der Waals surface area (Å²) in [6.07, 6.45) is 1.13. The van der Waals surface area contributed by atoms with E-state index in [4.69, 9.17) is 5.11 Å². The van der Waals surface area contributed by atoms with Crippen LogP contribution in [0.3, 0.4) is 0 Å². The first-order valence-electron chi connectivity index (χ1n) is 5.13. The lowest BCUT2D eigenvalue weighted by atomic mass is 10.3. The van der Waals surface area contributed by atoms with E-state index in [1.807, 2.05) is 30.3 Å². The van der Waals surface area contributed by atoms with Crippen molar-refractivity contribution in [2.24, 2.45) is 0 Å². The van der Waals surface area contributed by atoms with Gasteiger partial charge in [-0.3, -0.25) is 0 Å². The lowest BCUT2D eigenvalue weighted by Crippen LogP contribution is -2.23. The van der Waals surface area contributed by atoms with Gasteiger partial charge in [-0.2, -0.15) is 0 Å². The first-order valence-corrected chi connectivity index (χ1v) is 6.12. The van der Waals surface area contributed by atoms with Crippen LogP contribution in [-0.2, 0) is 0 Å². The minimum Gasteiger partial charge on any atom is -0.394 e. The zero-order valence-corrected chi connectivity index (χ0v) is 9.91. The highest BCUT2D eigenvalue weighted by atomic mass is 32.2. The zero-order valence-electron chi connectivity index (χ0n) is 9.10. The Balaban J connectivity index is 2.59. The SMILES string of the molecule is C=CCSc1ccccc1NCC(O)CO. The van der Waals surface area contributed by atoms with Gasteiger partial charge in [-0.25, -0.2) is 0 Å². The van der Waals surface area contributed by atoms with Gasteiger partial charge in [0.05, 0.1) is 12.7 Å². The summed E-state index contributed by atoms with van der Waals surface area (Å²) < 4.78 is 0. The van der Waals surface area contributed by atoms with Crippen LogP contribution in [0.5, 0.6) is 0 Å². The number of hydrogen-bond donors (Lipinski definition) is 3. The molecular formula is C12H17NO2S. The molecule has 1 rings (SSSR count). The van der Waals surface area contributed by atoms with Crippen LogP contribution in [0, 0.1) is 0 Å². The number of rotatable bonds is 7. The van der Waals surface area contributed by atoms with Gasteiger partial charge in [0.15, 0.2) is 0 Å². The molecule has 1 aromatic carbocycles. The minimum absolute atomic E-state index is 0.227. The van der Waals surface area contributed by atoms with Crippen LogP contribution in [0.1, 0.15) is 0 Å². The Hall–Kier alpha value is -0.970. The van der Waals surface area contributed by atoms with Gasteiger partial charge >= 0.3 is 0 Å². The molecule has 3 N–H and O–H groups in total. The van der Waals surface area contributed by atoms with Crippen molar-refractivity contribution in [2.45, 2.75) is 11.0 Å². The zero-order chi connectivity index (χ0) is 11.8. The predicted octanol–water partition coefficient (Wildman–Crippen LogP) is 1.73. The van der Waals surface area contributed by atoms with Crippen molar-refractivity contribution < 1.29 is 10.2 Å². The van der Waals surface area contributed by atoms with Crippen molar-refractivity contribution in [2.75, 3.05) is 24.2 Å². The summed E-state index contributed by atoms with van der Waals surface area (Å²) in [4.78, 5) is 1.12. The van der Waals surface area contributed by atoms with Crippen molar-refractivity contribution >= 4 is 17.4 Å². The topological polar surface area (TPSA) is 52.5 Å². The molecule has 1 aromatic rings. The number of para-hydroxylation sites is 1. The Morgan fingerprint density at radius 3 is 2.88 bits per heavy atom. The van der Waals surface area contributed by atoms with Crippen LogP contribution in [0.4, 0.5) is 5.69 Å². The Kier molecular flexibility index (Phi) is 6.00. The van der Waals surface area contributed by atoms with E-state index in [1.165, 1.54) is 0 Å². The fourth-order valence-electron chi connectivity index (χ4n) is 1.18. The number of thioether (sulfide) groups is 1. The van der Waals surface area contributed by atoms with Crippen LogP contribution < -0.4 is 5.32 Å². The fourth-order valence-corrected chi connectivity index (χ4v) is 1.95. The quantitative estimate of drug-likeness (QED) is 0.501. The number of aliphatic hydroxyl groups excluding tert-OH is 2. The van der Waals surface area contributed by atoms with E-state index in [2.05, 4.69) is 11.9 Å². The largest absolute Gasteiger partial charge is 0.394 e. The highest BCUT2D eigenvalue weighted by Gasteiger charge is 2.04.